The summed E-state index contributed by atoms with van der Waals surface area (Å²) in [5, 5.41) is 11.0. The minimum atomic E-state index is -0.619. The van der Waals surface area contributed by atoms with Crippen molar-refractivity contribution >= 4 is 39.6 Å². The van der Waals surface area contributed by atoms with Gasteiger partial charge in [0.15, 0.2) is 0 Å². The summed E-state index contributed by atoms with van der Waals surface area (Å²) in [6.45, 7) is 4.10. The predicted molar refractivity (Wildman–Crippen MR) is 153 cm³/mol. The first-order chi connectivity index (χ1) is 18.4. The largest absolute Gasteiger partial charge is 0.496 e. The van der Waals surface area contributed by atoms with Crippen LogP contribution >= 0.6 is 11.3 Å². The maximum absolute atomic E-state index is 14.0. The molecule has 0 bridgehead atoms. The fourth-order valence-corrected chi connectivity index (χ4v) is 5.74. The highest BCUT2D eigenvalue weighted by Crippen LogP contribution is 2.36. The van der Waals surface area contributed by atoms with Crippen molar-refractivity contribution in [2.24, 2.45) is 0 Å². The van der Waals surface area contributed by atoms with Gasteiger partial charge in [0.1, 0.15) is 16.8 Å². The topological polar surface area (TPSA) is 83.6 Å². The molecule has 8 heteroatoms. The number of hydrogen-bond acceptors (Lipinski definition) is 6. The van der Waals surface area contributed by atoms with E-state index in [1.165, 1.54) is 0 Å². The number of methoxy groups -OCH3 is 1. The minimum absolute atomic E-state index is 0.124. The Bertz CT molecular complexity index is 1500. The number of amides is 2. The summed E-state index contributed by atoms with van der Waals surface area (Å²) in [5.41, 5.74) is 4.93. The van der Waals surface area contributed by atoms with Crippen LogP contribution in [0.25, 0.3) is 21.3 Å². The normalized spacial score (nSPS) is 16.2. The number of rotatable bonds is 7. The molecule has 38 heavy (non-hydrogen) atoms. The lowest BCUT2D eigenvalue weighted by molar-refractivity contribution is -0.128. The predicted octanol–water partition coefficient (Wildman–Crippen LogP) is 4.85. The van der Waals surface area contributed by atoms with Crippen LogP contribution in [-0.4, -0.2) is 43.0 Å². The molecule has 0 saturated carbocycles. The third kappa shape index (κ3) is 5.01. The van der Waals surface area contributed by atoms with Crippen molar-refractivity contribution in [3.8, 4) is 16.3 Å². The Morgan fingerprint density at radius 3 is 2.76 bits per heavy atom. The molecule has 0 radical (unpaired) electrons. The van der Waals surface area contributed by atoms with E-state index >= 15 is 0 Å². The maximum atomic E-state index is 14.0. The van der Waals surface area contributed by atoms with Crippen LogP contribution in [0.15, 0.2) is 60.0 Å². The lowest BCUT2D eigenvalue weighted by atomic mass is 10.00. The smallest absolute Gasteiger partial charge is 0.249 e. The molecule has 0 fully saturated rings. The molecule has 2 unspecified atom stereocenters. The second-order valence-electron chi connectivity index (χ2n) is 9.64. The fraction of sp³-hybridized carbons (Fsp3) is 0.300. The number of fused-ring (bicyclic) bond motifs is 2. The number of thiazole rings is 1. The molecule has 2 heterocycles. The lowest BCUT2D eigenvalue weighted by Crippen LogP contribution is -2.52. The highest BCUT2D eigenvalue weighted by molar-refractivity contribution is 7.13. The van der Waals surface area contributed by atoms with Crippen molar-refractivity contribution in [2.45, 2.75) is 45.3 Å². The van der Waals surface area contributed by atoms with Gasteiger partial charge in [0.2, 0.25) is 11.8 Å². The molecular weight excluding hydrogens is 496 g/mol. The first-order valence-electron chi connectivity index (χ1n) is 12.8. The molecule has 2 atom stereocenters. The third-order valence-electron chi connectivity index (χ3n) is 7.18. The Morgan fingerprint density at radius 2 is 2.03 bits per heavy atom. The zero-order valence-electron chi connectivity index (χ0n) is 22.1. The Kier molecular flexibility index (Phi) is 7.44. The van der Waals surface area contributed by atoms with Crippen LogP contribution in [0.3, 0.4) is 0 Å². The van der Waals surface area contributed by atoms with Gasteiger partial charge in [-0.25, -0.2) is 4.98 Å². The molecule has 0 aliphatic carbocycles. The summed E-state index contributed by atoms with van der Waals surface area (Å²) >= 11 is 1.63. The molecule has 7 nitrogen and oxygen atoms in total. The van der Waals surface area contributed by atoms with Crippen molar-refractivity contribution in [3.63, 3.8) is 0 Å². The quantitative estimate of drug-likeness (QED) is 0.358. The first kappa shape index (κ1) is 25.9. The number of hydrogen-bond donors (Lipinski definition) is 2. The van der Waals surface area contributed by atoms with Gasteiger partial charge in [-0.1, -0.05) is 36.4 Å². The fourth-order valence-electron chi connectivity index (χ4n) is 4.95. The Hall–Kier alpha value is -3.75. The highest BCUT2D eigenvalue weighted by Gasteiger charge is 2.33. The van der Waals surface area contributed by atoms with Gasteiger partial charge >= 0.3 is 0 Å². The molecular formula is C30H32N4O3S. The summed E-state index contributed by atoms with van der Waals surface area (Å²) in [4.78, 5) is 33.1. The number of anilines is 1. The summed E-state index contributed by atoms with van der Waals surface area (Å²) in [7, 11) is 3.38. The number of ether oxygens (including phenoxy) is 1. The van der Waals surface area contributed by atoms with E-state index in [1.807, 2.05) is 42.6 Å². The van der Waals surface area contributed by atoms with Crippen LogP contribution < -0.4 is 20.3 Å². The number of nitrogens with one attached hydrogen (secondary N) is 2. The van der Waals surface area contributed by atoms with Crippen LogP contribution in [-0.2, 0) is 22.6 Å². The van der Waals surface area contributed by atoms with Gasteiger partial charge in [0.25, 0.3) is 0 Å². The van der Waals surface area contributed by atoms with Gasteiger partial charge in [0.05, 0.1) is 19.7 Å². The van der Waals surface area contributed by atoms with Crippen LogP contribution in [0.2, 0.25) is 0 Å². The van der Waals surface area contributed by atoms with Crippen molar-refractivity contribution < 1.29 is 14.3 Å². The number of likely N-dealkylation sites (N-methyl/N-ethyl adjacent to an activating group) is 1. The number of carbonyl (C=O) groups is 2. The van der Waals surface area contributed by atoms with Gasteiger partial charge < -0.3 is 20.3 Å². The van der Waals surface area contributed by atoms with E-state index < -0.39 is 12.1 Å². The summed E-state index contributed by atoms with van der Waals surface area (Å²) < 4.78 is 5.78. The van der Waals surface area contributed by atoms with Gasteiger partial charge in [-0.3, -0.25) is 9.59 Å². The van der Waals surface area contributed by atoms with E-state index in [-0.39, 0.29) is 11.8 Å². The van der Waals surface area contributed by atoms with Gasteiger partial charge in [-0.15, -0.1) is 11.3 Å². The van der Waals surface area contributed by atoms with Crippen LogP contribution in [0.5, 0.6) is 5.75 Å². The second-order valence-corrected chi connectivity index (χ2v) is 10.5. The van der Waals surface area contributed by atoms with Gasteiger partial charge in [0, 0.05) is 27.9 Å². The minimum Gasteiger partial charge on any atom is -0.496 e. The van der Waals surface area contributed by atoms with Crippen LogP contribution in [0.4, 0.5) is 5.69 Å². The van der Waals surface area contributed by atoms with Crippen molar-refractivity contribution in [1.29, 1.82) is 0 Å². The summed E-state index contributed by atoms with van der Waals surface area (Å²) in [5.74, 6) is 0.402. The highest BCUT2D eigenvalue weighted by atomic mass is 32.1. The zero-order valence-corrected chi connectivity index (χ0v) is 22.9. The molecule has 0 saturated heterocycles. The monoisotopic (exact) mass is 528 g/mol. The van der Waals surface area contributed by atoms with E-state index in [9.17, 15) is 9.59 Å². The number of aromatic nitrogens is 1. The van der Waals surface area contributed by atoms with Gasteiger partial charge in [-0.05, 0) is 68.3 Å². The Labute approximate surface area is 226 Å². The van der Waals surface area contributed by atoms with Crippen LogP contribution in [0.1, 0.15) is 30.2 Å². The third-order valence-corrected chi connectivity index (χ3v) is 8.19. The second kappa shape index (κ2) is 10.9. The number of aryl methyl sites for hydroxylation is 2. The number of para-hydroxylation sites is 1. The molecule has 1 aliphatic heterocycles. The molecule has 4 aromatic rings. The average molecular weight is 529 g/mol. The molecule has 3 aromatic carbocycles. The van der Waals surface area contributed by atoms with Crippen LogP contribution in [0, 0.1) is 6.92 Å². The Balaban J connectivity index is 1.56. The summed E-state index contributed by atoms with van der Waals surface area (Å²) in [6, 6.07) is 17.3. The summed E-state index contributed by atoms with van der Waals surface area (Å²) in [6.07, 6.45) is 1.23. The zero-order chi connectivity index (χ0) is 26.8. The average Bonchev–Trinajstić information content (AvgIpc) is 3.33. The van der Waals surface area contributed by atoms with Crippen molar-refractivity contribution in [2.75, 3.05) is 19.1 Å². The van der Waals surface area contributed by atoms with Gasteiger partial charge in [-0.2, -0.15) is 0 Å². The number of benzene rings is 3. The Morgan fingerprint density at radius 1 is 1.21 bits per heavy atom. The van der Waals surface area contributed by atoms with Crippen molar-refractivity contribution in [1.82, 2.24) is 15.6 Å². The molecule has 2 amide bonds. The number of nitrogens with zero attached hydrogens (tertiary/aromatic N) is 2. The first-order valence-corrected chi connectivity index (χ1v) is 13.7. The number of carbonyl (C=O) groups excluding carboxylic acids is 2. The molecule has 1 aromatic heterocycles. The van der Waals surface area contributed by atoms with E-state index in [4.69, 9.17) is 4.74 Å². The molecule has 1 aliphatic rings. The standard InChI is InChI=1S/C30H32N4O3S/c1-18-17-38-29(32-18)22-9-12-23-21(15-22)11-14-27(37-4)24(23)16-34-26-8-6-5-7-20(26)10-13-25(30(34)36)33-28(35)19(2)31-3/h5-9,11-12,14-15,17,19,25,31H,10,13,16H2,1-4H3,(H,33,35). The SMILES string of the molecule is CNC(C)C(=O)NC1CCc2ccccc2N(Cc2c(OC)ccc3cc(-c4nc(C)cs4)ccc23)C1=O. The lowest BCUT2D eigenvalue weighted by Gasteiger charge is -2.28. The van der Waals surface area contributed by atoms with E-state index in [0.717, 1.165) is 43.9 Å². The van der Waals surface area contributed by atoms with Crippen molar-refractivity contribution in [3.05, 3.63) is 76.8 Å². The van der Waals surface area contributed by atoms with E-state index in [1.54, 1.807) is 37.3 Å². The van der Waals surface area contributed by atoms with E-state index in [0.29, 0.717) is 25.1 Å². The van der Waals surface area contributed by atoms with E-state index in [2.05, 4.69) is 39.9 Å². The molecule has 0 spiro atoms. The molecule has 196 valence electrons. The molecule has 2 N–H and O–H groups in total. The maximum Gasteiger partial charge on any atom is 0.249 e. The molecule has 5 rings (SSSR count).